The van der Waals surface area contributed by atoms with Crippen LogP contribution in [0.2, 0.25) is 0 Å². The van der Waals surface area contributed by atoms with Gasteiger partial charge in [-0.2, -0.15) is 0 Å². The van der Waals surface area contributed by atoms with Crippen LogP contribution < -0.4 is 11.1 Å². The Morgan fingerprint density at radius 2 is 1.95 bits per heavy atom. The van der Waals surface area contributed by atoms with Crippen LogP contribution >= 0.6 is 11.3 Å². The summed E-state index contributed by atoms with van der Waals surface area (Å²) in [4.78, 5) is 61.2. The van der Waals surface area contributed by atoms with Crippen LogP contribution in [0.1, 0.15) is 55.6 Å². The Hall–Kier alpha value is -3.25. The van der Waals surface area contributed by atoms with E-state index in [-0.39, 0.29) is 23.9 Å². The fourth-order valence-electron chi connectivity index (χ4n) is 5.71. The lowest BCUT2D eigenvalue weighted by atomic mass is 9.89. The van der Waals surface area contributed by atoms with Gasteiger partial charge in [-0.25, -0.2) is 19.5 Å². The largest absolute Gasteiger partial charge is 0.431 e. The van der Waals surface area contributed by atoms with Gasteiger partial charge in [0.15, 0.2) is 0 Å². The number of thiophene rings is 1. The SMILES string of the molecule is Cc1ccc2c(C(=O)N3CCC(N4CCCC5(C4)OC(=O)N(C(C)C)C5=O)CC3)c(NC(N)=O)sc2n1. The van der Waals surface area contributed by atoms with Crippen molar-refractivity contribution in [3.63, 3.8) is 0 Å². The molecule has 3 aliphatic heterocycles. The first-order chi connectivity index (χ1) is 17.6. The molecule has 37 heavy (non-hydrogen) atoms. The Labute approximate surface area is 218 Å². The van der Waals surface area contributed by atoms with Crippen molar-refractivity contribution in [2.45, 2.75) is 64.1 Å². The summed E-state index contributed by atoms with van der Waals surface area (Å²) in [6.45, 7) is 7.76. The van der Waals surface area contributed by atoms with E-state index >= 15 is 0 Å². The van der Waals surface area contributed by atoms with Crippen LogP contribution in [0.3, 0.4) is 0 Å². The number of imide groups is 1. The zero-order valence-corrected chi connectivity index (χ0v) is 22.1. The number of piperidine rings is 2. The minimum atomic E-state index is -1.11. The van der Waals surface area contributed by atoms with Gasteiger partial charge in [-0.05, 0) is 65.1 Å². The van der Waals surface area contributed by atoms with Crippen LogP contribution in [0.5, 0.6) is 0 Å². The zero-order chi connectivity index (χ0) is 26.5. The number of fused-ring (bicyclic) bond motifs is 1. The van der Waals surface area contributed by atoms with E-state index in [0.29, 0.717) is 46.8 Å². The van der Waals surface area contributed by atoms with Crippen molar-refractivity contribution in [3.05, 3.63) is 23.4 Å². The predicted molar refractivity (Wildman–Crippen MR) is 138 cm³/mol. The number of ether oxygens (including phenoxy) is 1. The molecule has 198 valence electrons. The number of urea groups is 1. The number of carbonyl (C=O) groups is 4. The number of aromatic nitrogens is 1. The number of pyridine rings is 1. The van der Waals surface area contributed by atoms with Gasteiger partial charge in [0, 0.05) is 42.8 Å². The maximum absolute atomic E-state index is 13.6. The van der Waals surface area contributed by atoms with Gasteiger partial charge in [0.2, 0.25) is 5.60 Å². The summed E-state index contributed by atoms with van der Waals surface area (Å²) in [7, 11) is 0. The van der Waals surface area contributed by atoms with Gasteiger partial charge in [0.1, 0.15) is 9.83 Å². The standard InChI is InChI=1S/C25H32N6O5S/c1-14(2)31-22(33)25(36-24(31)35)9-4-10-30(13-25)16-7-11-29(12-8-16)21(32)18-17-6-5-15(3)27-19(17)37-20(18)28-23(26)34/h5-6,14,16H,4,7-13H2,1-3H3,(H3,26,28,34). The molecule has 0 bridgehead atoms. The van der Waals surface area contributed by atoms with Gasteiger partial charge < -0.3 is 15.4 Å². The van der Waals surface area contributed by atoms with Gasteiger partial charge >= 0.3 is 12.1 Å². The van der Waals surface area contributed by atoms with Crippen molar-refractivity contribution in [1.29, 1.82) is 0 Å². The third-order valence-corrected chi connectivity index (χ3v) is 8.52. The second-order valence-corrected chi connectivity index (χ2v) is 11.3. The lowest BCUT2D eigenvalue weighted by Crippen LogP contribution is -2.58. The average Bonchev–Trinajstić information content (AvgIpc) is 3.30. The molecule has 0 aromatic carbocycles. The Morgan fingerprint density at radius 1 is 1.22 bits per heavy atom. The second-order valence-electron chi connectivity index (χ2n) is 10.3. The summed E-state index contributed by atoms with van der Waals surface area (Å²) in [5.41, 5.74) is 5.49. The summed E-state index contributed by atoms with van der Waals surface area (Å²) in [6.07, 6.45) is 2.20. The molecule has 3 fully saturated rings. The number of primary amides is 1. The quantitative estimate of drug-likeness (QED) is 0.622. The third kappa shape index (κ3) is 4.52. The van der Waals surface area contributed by atoms with Crippen LogP contribution in [0.15, 0.2) is 12.1 Å². The fraction of sp³-hybridized carbons (Fsp3) is 0.560. The number of nitrogens with zero attached hydrogens (tertiary/aromatic N) is 4. The molecule has 3 N–H and O–H groups in total. The second kappa shape index (κ2) is 9.56. The van der Waals surface area contributed by atoms with Gasteiger partial charge in [-0.3, -0.25) is 19.8 Å². The molecule has 11 nitrogen and oxygen atoms in total. The molecule has 5 amide bonds. The number of rotatable bonds is 4. The number of carbonyl (C=O) groups excluding carboxylic acids is 4. The first kappa shape index (κ1) is 25.4. The van der Waals surface area contributed by atoms with Gasteiger partial charge in [0.05, 0.1) is 5.56 Å². The molecule has 2 aromatic rings. The van der Waals surface area contributed by atoms with E-state index in [4.69, 9.17) is 10.5 Å². The van der Waals surface area contributed by atoms with Crippen LogP contribution in [0.25, 0.3) is 10.2 Å². The number of hydrogen-bond donors (Lipinski definition) is 2. The normalized spacial score (nSPS) is 23.4. The first-order valence-electron chi connectivity index (χ1n) is 12.7. The van der Waals surface area contributed by atoms with Crippen molar-refractivity contribution in [1.82, 2.24) is 19.7 Å². The molecular formula is C25H32N6O5S. The average molecular weight is 529 g/mol. The van der Waals surface area contributed by atoms with E-state index in [1.54, 1.807) is 4.90 Å². The minimum absolute atomic E-state index is 0.165. The van der Waals surface area contributed by atoms with Gasteiger partial charge in [-0.1, -0.05) is 11.3 Å². The molecule has 0 aliphatic carbocycles. The van der Waals surface area contributed by atoms with Crippen molar-refractivity contribution < 1.29 is 23.9 Å². The van der Waals surface area contributed by atoms with Crippen molar-refractivity contribution >= 4 is 50.5 Å². The van der Waals surface area contributed by atoms with E-state index < -0.39 is 17.7 Å². The predicted octanol–water partition coefficient (Wildman–Crippen LogP) is 2.92. The maximum Gasteiger partial charge on any atom is 0.418 e. The van der Waals surface area contributed by atoms with Crippen LogP contribution in [-0.2, 0) is 9.53 Å². The van der Waals surface area contributed by atoms with E-state index in [1.165, 1.54) is 16.2 Å². The molecular weight excluding hydrogens is 496 g/mol. The number of hydrogen-bond acceptors (Lipinski definition) is 8. The Kier molecular flexibility index (Phi) is 6.57. The van der Waals surface area contributed by atoms with E-state index in [1.807, 2.05) is 32.9 Å². The van der Waals surface area contributed by atoms with E-state index in [2.05, 4.69) is 15.2 Å². The number of anilines is 1. The van der Waals surface area contributed by atoms with Crippen molar-refractivity contribution in [2.24, 2.45) is 5.73 Å². The molecule has 0 saturated carbocycles. The van der Waals surface area contributed by atoms with E-state index in [9.17, 15) is 19.2 Å². The lowest BCUT2D eigenvalue weighted by molar-refractivity contribution is -0.143. The summed E-state index contributed by atoms with van der Waals surface area (Å²) in [5.74, 6) is -0.408. The van der Waals surface area contributed by atoms with Crippen LogP contribution in [-0.4, -0.2) is 87.5 Å². The Morgan fingerprint density at radius 3 is 2.59 bits per heavy atom. The van der Waals surface area contributed by atoms with Crippen LogP contribution in [0.4, 0.5) is 14.6 Å². The molecule has 12 heteroatoms. The molecule has 5 rings (SSSR count). The topological polar surface area (TPSA) is 138 Å². The fourth-order valence-corrected chi connectivity index (χ4v) is 6.82. The highest BCUT2D eigenvalue weighted by Crippen LogP contribution is 2.38. The highest BCUT2D eigenvalue weighted by atomic mass is 32.1. The molecule has 1 unspecified atom stereocenters. The Balaban J connectivity index is 1.29. The molecule has 0 radical (unpaired) electrons. The lowest BCUT2D eigenvalue weighted by Gasteiger charge is -2.44. The first-order valence-corrected chi connectivity index (χ1v) is 13.5. The third-order valence-electron chi connectivity index (χ3n) is 7.50. The Bertz CT molecular complexity index is 1270. The number of aryl methyl sites for hydroxylation is 1. The monoisotopic (exact) mass is 528 g/mol. The smallest absolute Gasteiger partial charge is 0.418 e. The molecule has 1 atom stereocenters. The molecule has 1 spiro atoms. The summed E-state index contributed by atoms with van der Waals surface area (Å²) in [6, 6.07) is 2.90. The van der Waals surface area contributed by atoms with Gasteiger partial charge in [-0.15, -0.1) is 0 Å². The van der Waals surface area contributed by atoms with Crippen molar-refractivity contribution in [2.75, 3.05) is 31.5 Å². The summed E-state index contributed by atoms with van der Waals surface area (Å²) >= 11 is 1.24. The number of nitrogens with one attached hydrogen (secondary N) is 1. The molecule has 3 aliphatic rings. The molecule has 5 heterocycles. The van der Waals surface area contributed by atoms with Gasteiger partial charge in [0.25, 0.3) is 11.8 Å². The highest BCUT2D eigenvalue weighted by Gasteiger charge is 2.56. The maximum atomic E-state index is 13.6. The molecule has 3 saturated heterocycles. The summed E-state index contributed by atoms with van der Waals surface area (Å²) < 4.78 is 5.68. The molecule has 2 aromatic heterocycles. The van der Waals surface area contributed by atoms with Crippen LogP contribution in [0, 0.1) is 6.92 Å². The van der Waals surface area contributed by atoms with E-state index in [0.717, 1.165) is 31.5 Å². The highest BCUT2D eigenvalue weighted by molar-refractivity contribution is 7.23. The number of likely N-dealkylation sites (tertiary alicyclic amines) is 2. The van der Waals surface area contributed by atoms with Crippen molar-refractivity contribution in [3.8, 4) is 0 Å². The summed E-state index contributed by atoms with van der Waals surface area (Å²) in [5, 5.41) is 3.69. The minimum Gasteiger partial charge on any atom is -0.431 e. The number of amides is 5. The number of nitrogens with two attached hydrogens (primary N) is 1. The zero-order valence-electron chi connectivity index (χ0n) is 21.3.